The molecule has 0 aromatic carbocycles. The second kappa shape index (κ2) is 4.93. The molecule has 0 radical (unpaired) electrons. The van der Waals surface area contributed by atoms with E-state index >= 15 is 0 Å². The maximum Gasteiger partial charge on any atom is 0.233 e. The number of nitrogens with zero attached hydrogens (tertiary/aromatic N) is 4. The first-order valence-electron chi connectivity index (χ1n) is 6.20. The maximum absolute atomic E-state index is 5.33. The van der Waals surface area contributed by atoms with Gasteiger partial charge in [-0.2, -0.15) is 4.98 Å². The van der Waals surface area contributed by atoms with E-state index in [0.717, 1.165) is 13.1 Å². The second-order valence-corrected chi connectivity index (χ2v) is 4.66. The van der Waals surface area contributed by atoms with Gasteiger partial charge in [0.1, 0.15) is 5.69 Å². The van der Waals surface area contributed by atoms with Crippen molar-refractivity contribution in [3.05, 3.63) is 18.0 Å². The Morgan fingerprint density at radius 3 is 2.84 bits per heavy atom. The molecule has 2 unspecified atom stereocenters. The van der Waals surface area contributed by atoms with Crippen molar-refractivity contribution >= 4 is 0 Å². The molecular weight excluding hydrogens is 246 g/mol. The number of ether oxygens (including phenoxy) is 1. The van der Waals surface area contributed by atoms with Crippen LogP contribution in [-0.4, -0.2) is 40.5 Å². The van der Waals surface area contributed by atoms with Crippen LogP contribution in [0.2, 0.25) is 0 Å². The van der Waals surface area contributed by atoms with E-state index in [1.807, 2.05) is 0 Å². The number of aromatic nitrogens is 4. The summed E-state index contributed by atoms with van der Waals surface area (Å²) < 4.78 is 10.3. The minimum atomic E-state index is 0.271. The summed E-state index contributed by atoms with van der Waals surface area (Å²) in [7, 11) is 1.55. The first-order valence-corrected chi connectivity index (χ1v) is 6.20. The van der Waals surface area contributed by atoms with Gasteiger partial charge in [0.05, 0.1) is 13.0 Å². The van der Waals surface area contributed by atoms with Gasteiger partial charge < -0.3 is 14.6 Å². The van der Waals surface area contributed by atoms with Crippen LogP contribution in [0.3, 0.4) is 0 Å². The summed E-state index contributed by atoms with van der Waals surface area (Å²) >= 11 is 0. The fraction of sp³-hybridized carbons (Fsp3) is 0.500. The lowest BCUT2D eigenvalue weighted by Gasteiger charge is -2.07. The van der Waals surface area contributed by atoms with E-state index in [2.05, 4.69) is 32.6 Å². The highest BCUT2D eigenvalue weighted by Crippen LogP contribution is 2.27. The lowest BCUT2D eigenvalue weighted by molar-refractivity contribution is 0.340. The summed E-state index contributed by atoms with van der Waals surface area (Å²) in [6, 6.07) is 3.48. The van der Waals surface area contributed by atoms with Gasteiger partial charge in [-0.05, 0) is 18.5 Å². The smallest absolute Gasteiger partial charge is 0.233 e. The Kier molecular flexibility index (Phi) is 3.12. The molecule has 3 rings (SSSR count). The summed E-state index contributed by atoms with van der Waals surface area (Å²) in [5.74, 6) is 2.35. The summed E-state index contributed by atoms with van der Waals surface area (Å²) in [5, 5.41) is 15.2. The largest absolute Gasteiger partial charge is 0.480 e. The summed E-state index contributed by atoms with van der Waals surface area (Å²) in [6.07, 6.45) is 0. The van der Waals surface area contributed by atoms with Crippen LogP contribution in [0, 0.1) is 5.92 Å². The average Bonchev–Trinajstić information content (AvgIpc) is 3.07. The zero-order chi connectivity index (χ0) is 13.2. The van der Waals surface area contributed by atoms with E-state index < -0.39 is 0 Å². The van der Waals surface area contributed by atoms with Crippen molar-refractivity contribution in [1.29, 1.82) is 0 Å². The molecule has 2 aromatic heterocycles. The number of hydrogen-bond acceptors (Lipinski definition) is 7. The van der Waals surface area contributed by atoms with Crippen LogP contribution in [0.5, 0.6) is 5.88 Å². The average molecular weight is 261 g/mol. The maximum atomic E-state index is 5.33. The Balaban J connectivity index is 1.83. The molecular formula is C12H15N5O2. The van der Waals surface area contributed by atoms with Crippen molar-refractivity contribution < 1.29 is 9.26 Å². The summed E-state index contributed by atoms with van der Waals surface area (Å²) in [4.78, 5) is 4.41. The first kappa shape index (κ1) is 12.0. The lowest BCUT2D eigenvalue weighted by Crippen LogP contribution is -2.08. The van der Waals surface area contributed by atoms with Crippen LogP contribution >= 0.6 is 0 Å². The van der Waals surface area contributed by atoms with E-state index in [0.29, 0.717) is 29.2 Å². The number of nitrogens with one attached hydrogen (secondary N) is 1. The molecule has 1 fully saturated rings. The van der Waals surface area contributed by atoms with E-state index in [-0.39, 0.29) is 5.92 Å². The van der Waals surface area contributed by atoms with Gasteiger partial charge >= 0.3 is 0 Å². The van der Waals surface area contributed by atoms with E-state index in [1.165, 1.54) is 0 Å². The highest BCUT2D eigenvalue weighted by molar-refractivity contribution is 5.47. The molecule has 1 aliphatic rings. The Bertz CT molecular complexity index is 554. The molecule has 0 saturated carbocycles. The van der Waals surface area contributed by atoms with Crippen LogP contribution in [-0.2, 0) is 0 Å². The molecule has 1 saturated heterocycles. The SMILES string of the molecule is COc1ccc(-c2noc(C3CNCC3C)n2)nn1. The molecule has 0 spiro atoms. The Morgan fingerprint density at radius 2 is 2.21 bits per heavy atom. The minimum absolute atomic E-state index is 0.271. The monoisotopic (exact) mass is 261 g/mol. The number of methoxy groups -OCH3 is 1. The molecule has 7 heteroatoms. The van der Waals surface area contributed by atoms with Crippen LogP contribution in [0.4, 0.5) is 0 Å². The quantitative estimate of drug-likeness (QED) is 0.876. The fourth-order valence-corrected chi connectivity index (χ4v) is 2.18. The minimum Gasteiger partial charge on any atom is -0.480 e. The molecule has 1 N–H and O–H groups in total. The van der Waals surface area contributed by atoms with Gasteiger partial charge in [-0.1, -0.05) is 12.1 Å². The van der Waals surface area contributed by atoms with Gasteiger partial charge in [-0.15, -0.1) is 10.2 Å². The topological polar surface area (TPSA) is 86.0 Å². The van der Waals surface area contributed by atoms with Gasteiger partial charge in [-0.25, -0.2) is 0 Å². The molecule has 3 heterocycles. The number of rotatable bonds is 3. The molecule has 7 nitrogen and oxygen atoms in total. The zero-order valence-electron chi connectivity index (χ0n) is 10.8. The third-order valence-electron chi connectivity index (χ3n) is 3.35. The van der Waals surface area contributed by atoms with Gasteiger partial charge in [0, 0.05) is 12.6 Å². The molecule has 0 aliphatic carbocycles. The fourth-order valence-electron chi connectivity index (χ4n) is 2.18. The summed E-state index contributed by atoms with van der Waals surface area (Å²) in [5.41, 5.74) is 0.578. The molecule has 1 aliphatic heterocycles. The third-order valence-corrected chi connectivity index (χ3v) is 3.35. The van der Waals surface area contributed by atoms with Crippen LogP contribution in [0.15, 0.2) is 16.7 Å². The lowest BCUT2D eigenvalue weighted by atomic mass is 9.98. The van der Waals surface area contributed by atoms with Gasteiger partial charge in [-0.3, -0.25) is 0 Å². The third kappa shape index (κ3) is 2.28. The molecule has 0 amide bonds. The zero-order valence-corrected chi connectivity index (χ0v) is 10.8. The highest BCUT2D eigenvalue weighted by Gasteiger charge is 2.29. The first-order chi connectivity index (χ1) is 9.28. The van der Waals surface area contributed by atoms with Crippen LogP contribution in [0.1, 0.15) is 18.7 Å². The Labute approximate surface area is 110 Å². The molecule has 100 valence electrons. The van der Waals surface area contributed by atoms with Gasteiger partial charge in [0.25, 0.3) is 0 Å². The summed E-state index contributed by atoms with van der Waals surface area (Å²) in [6.45, 7) is 4.02. The second-order valence-electron chi connectivity index (χ2n) is 4.66. The van der Waals surface area contributed by atoms with Crippen molar-refractivity contribution in [3.63, 3.8) is 0 Å². The van der Waals surface area contributed by atoms with E-state index in [4.69, 9.17) is 9.26 Å². The van der Waals surface area contributed by atoms with Crippen molar-refractivity contribution in [2.75, 3.05) is 20.2 Å². The molecule has 19 heavy (non-hydrogen) atoms. The molecule has 2 atom stereocenters. The van der Waals surface area contributed by atoms with Crippen molar-refractivity contribution in [1.82, 2.24) is 25.7 Å². The van der Waals surface area contributed by atoms with Crippen molar-refractivity contribution in [2.45, 2.75) is 12.8 Å². The predicted octanol–water partition coefficient (Wildman–Crippen LogP) is 0.858. The van der Waals surface area contributed by atoms with Crippen LogP contribution < -0.4 is 10.1 Å². The van der Waals surface area contributed by atoms with Crippen molar-refractivity contribution in [2.24, 2.45) is 5.92 Å². The Morgan fingerprint density at radius 1 is 1.32 bits per heavy atom. The number of hydrogen-bond donors (Lipinski definition) is 1. The normalized spacial score (nSPS) is 22.6. The van der Waals surface area contributed by atoms with E-state index in [9.17, 15) is 0 Å². The van der Waals surface area contributed by atoms with E-state index in [1.54, 1.807) is 19.2 Å². The highest BCUT2D eigenvalue weighted by atomic mass is 16.5. The predicted molar refractivity (Wildman–Crippen MR) is 66.7 cm³/mol. The van der Waals surface area contributed by atoms with Gasteiger partial charge in [0.15, 0.2) is 0 Å². The molecule has 0 bridgehead atoms. The van der Waals surface area contributed by atoms with Crippen molar-refractivity contribution in [3.8, 4) is 17.4 Å². The Hall–Kier alpha value is -2.02. The standard InChI is InChI=1S/C12H15N5O2/c1-7-5-13-6-8(7)12-14-11(17-19-12)9-3-4-10(18-2)16-15-9/h3-4,7-8,13H,5-6H2,1-2H3. The molecule has 2 aromatic rings. The van der Waals surface area contributed by atoms with Gasteiger partial charge in [0.2, 0.25) is 17.6 Å². The van der Waals surface area contributed by atoms with Crippen LogP contribution in [0.25, 0.3) is 11.5 Å².